The third-order valence-corrected chi connectivity index (χ3v) is 3.59. The van der Waals surface area contributed by atoms with Crippen LogP contribution in [0.25, 0.3) is 0 Å². The number of halogens is 3. The Balaban J connectivity index is 2.50. The van der Waals surface area contributed by atoms with Crippen molar-refractivity contribution in [2.45, 2.75) is 32.4 Å². The number of nitrogens with zero attached hydrogens (tertiary/aromatic N) is 1. The molecule has 0 aromatic carbocycles. The van der Waals surface area contributed by atoms with Crippen LogP contribution in [0.2, 0.25) is 0 Å². The molecule has 6 heteroatoms. The summed E-state index contributed by atoms with van der Waals surface area (Å²) in [5.41, 5.74) is -0.126. The van der Waals surface area contributed by atoms with Crippen molar-refractivity contribution in [1.82, 2.24) is 4.90 Å². The normalized spacial score (nSPS) is 18.3. The number of alkyl halides is 3. The number of hydrogen-bond acceptors (Lipinski definition) is 2. The molecule has 1 saturated carbocycles. The van der Waals surface area contributed by atoms with Crippen molar-refractivity contribution in [2.75, 3.05) is 18.8 Å². The van der Waals surface area contributed by atoms with Crippen molar-refractivity contribution >= 4 is 18.5 Å². The average molecular weight is 255 g/mol. The van der Waals surface area contributed by atoms with Crippen molar-refractivity contribution in [2.24, 2.45) is 5.41 Å². The van der Waals surface area contributed by atoms with E-state index < -0.39 is 18.6 Å². The molecule has 1 aliphatic carbocycles. The summed E-state index contributed by atoms with van der Waals surface area (Å²) >= 11 is 4.13. The summed E-state index contributed by atoms with van der Waals surface area (Å²) in [4.78, 5) is 12.5. The summed E-state index contributed by atoms with van der Waals surface area (Å²) < 4.78 is 36.5. The summed E-state index contributed by atoms with van der Waals surface area (Å²) in [5, 5.41) is 0. The molecule has 0 radical (unpaired) electrons. The molecule has 0 aromatic rings. The minimum atomic E-state index is -4.32. The van der Waals surface area contributed by atoms with Crippen LogP contribution < -0.4 is 0 Å². The van der Waals surface area contributed by atoms with Gasteiger partial charge in [-0.25, -0.2) is 0 Å². The molecule has 0 aromatic heterocycles. The minimum Gasteiger partial charge on any atom is -0.334 e. The molecule has 0 N–H and O–H groups in total. The van der Waals surface area contributed by atoms with Gasteiger partial charge < -0.3 is 4.90 Å². The summed E-state index contributed by atoms with van der Waals surface area (Å²) in [6.45, 7) is 0.510. The monoisotopic (exact) mass is 255 g/mol. The van der Waals surface area contributed by atoms with E-state index in [1.165, 1.54) is 0 Å². The molecule has 0 spiro atoms. The maximum Gasteiger partial charge on any atom is 0.406 e. The van der Waals surface area contributed by atoms with Crippen molar-refractivity contribution in [3.63, 3.8) is 0 Å². The average Bonchev–Trinajstić information content (AvgIpc) is 2.93. The number of thiol groups is 1. The first-order valence-corrected chi connectivity index (χ1v) is 5.90. The third-order valence-electron chi connectivity index (χ3n) is 2.92. The van der Waals surface area contributed by atoms with Gasteiger partial charge in [-0.1, -0.05) is 0 Å². The molecule has 1 amide bonds. The van der Waals surface area contributed by atoms with Gasteiger partial charge in [0.25, 0.3) is 0 Å². The highest BCUT2D eigenvalue weighted by molar-refractivity contribution is 7.80. The lowest BCUT2D eigenvalue weighted by Gasteiger charge is -2.24. The molecule has 0 saturated heterocycles. The van der Waals surface area contributed by atoms with E-state index in [1.54, 1.807) is 6.92 Å². The molecule has 0 unspecified atom stereocenters. The Labute approximate surface area is 98.6 Å². The first-order valence-electron chi connectivity index (χ1n) is 5.27. The second-order valence-electron chi connectivity index (χ2n) is 4.36. The molecule has 2 nitrogen and oxygen atoms in total. The SMILES string of the molecule is CCN(CC(F)(F)F)C(=O)CC1(CS)CC1. The van der Waals surface area contributed by atoms with Gasteiger partial charge in [0.15, 0.2) is 0 Å². The van der Waals surface area contributed by atoms with Crippen molar-refractivity contribution in [1.29, 1.82) is 0 Å². The number of amides is 1. The summed E-state index contributed by atoms with van der Waals surface area (Å²) in [5.74, 6) is 0.161. The predicted octanol–water partition coefficient (Wildman–Crippen LogP) is 2.50. The van der Waals surface area contributed by atoms with Gasteiger partial charge in [0, 0.05) is 13.0 Å². The second-order valence-corrected chi connectivity index (χ2v) is 4.67. The molecule has 1 fully saturated rings. The van der Waals surface area contributed by atoms with Gasteiger partial charge in [-0.05, 0) is 30.9 Å². The fourth-order valence-electron chi connectivity index (χ4n) is 1.59. The summed E-state index contributed by atoms with van der Waals surface area (Å²) in [7, 11) is 0. The molecule has 0 aliphatic heterocycles. The van der Waals surface area contributed by atoms with Crippen LogP contribution in [0.4, 0.5) is 13.2 Å². The molecule has 1 aliphatic rings. The highest BCUT2D eigenvalue weighted by Crippen LogP contribution is 2.49. The van der Waals surface area contributed by atoms with E-state index in [2.05, 4.69) is 12.6 Å². The minimum absolute atomic E-state index is 0.0982. The molecule has 1 rings (SSSR count). The molecular weight excluding hydrogens is 239 g/mol. The topological polar surface area (TPSA) is 20.3 Å². The number of carbonyl (C=O) groups is 1. The Bertz CT molecular complexity index is 263. The molecular formula is C10H16F3NOS. The first-order chi connectivity index (χ1) is 7.32. The van der Waals surface area contributed by atoms with E-state index in [1.807, 2.05) is 0 Å². The summed E-state index contributed by atoms with van der Waals surface area (Å²) in [6, 6.07) is 0. The first kappa shape index (κ1) is 13.7. The van der Waals surface area contributed by atoms with Gasteiger partial charge in [-0.15, -0.1) is 0 Å². The fourth-order valence-corrected chi connectivity index (χ4v) is 2.02. The lowest BCUT2D eigenvalue weighted by atomic mass is 10.0. The number of carbonyl (C=O) groups excluding carboxylic acids is 1. The van der Waals surface area contributed by atoms with Crippen LogP contribution in [0.5, 0.6) is 0 Å². The van der Waals surface area contributed by atoms with E-state index in [4.69, 9.17) is 0 Å². The largest absolute Gasteiger partial charge is 0.406 e. The highest BCUT2D eigenvalue weighted by atomic mass is 32.1. The summed E-state index contributed by atoms with van der Waals surface area (Å²) in [6.07, 6.45) is -2.33. The molecule has 0 bridgehead atoms. The molecule has 94 valence electrons. The van der Waals surface area contributed by atoms with Crippen molar-refractivity contribution < 1.29 is 18.0 Å². The maximum atomic E-state index is 12.2. The standard InChI is InChI=1S/C10H16F3NOS/c1-2-14(6-10(11,12)13)8(15)5-9(7-16)3-4-9/h16H,2-7H2,1H3. The second kappa shape index (κ2) is 4.85. The Morgan fingerprint density at radius 3 is 2.31 bits per heavy atom. The Morgan fingerprint density at radius 1 is 1.44 bits per heavy atom. The van der Waals surface area contributed by atoms with Crippen LogP contribution in [0, 0.1) is 5.41 Å². The van der Waals surface area contributed by atoms with Crippen LogP contribution >= 0.6 is 12.6 Å². The smallest absolute Gasteiger partial charge is 0.334 e. The van der Waals surface area contributed by atoms with Gasteiger partial charge in [0.1, 0.15) is 6.54 Å². The van der Waals surface area contributed by atoms with Crippen LogP contribution in [-0.2, 0) is 4.79 Å². The third kappa shape index (κ3) is 3.88. The predicted molar refractivity (Wildman–Crippen MR) is 58.4 cm³/mol. The lowest BCUT2D eigenvalue weighted by Crippen LogP contribution is -2.39. The van der Waals surface area contributed by atoms with Crippen LogP contribution in [-0.4, -0.2) is 35.8 Å². The molecule has 0 atom stereocenters. The molecule has 0 heterocycles. The van der Waals surface area contributed by atoms with Gasteiger partial charge in [0.05, 0.1) is 0 Å². The van der Waals surface area contributed by atoms with Crippen molar-refractivity contribution in [3.05, 3.63) is 0 Å². The zero-order chi connectivity index (χ0) is 12.4. The van der Waals surface area contributed by atoms with Gasteiger partial charge >= 0.3 is 6.18 Å². The lowest BCUT2D eigenvalue weighted by molar-refractivity contribution is -0.161. The van der Waals surface area contributed by atoms with E-state index in [0.29, 0.717) is 5.75 Å². The Morgan fingerprint density at radius 2 is 2.00 bits per heavy atom. The van der Waals surface area contributed by atoms with Gasteiger partial charge in [0.2, 0.25) is 5.91 Å². The number of hydrogen-bond donors (Lipinski definition) is 1. The fraction of sp³-hybridized carbons (Fsp3) is 0.900. The van der Waals surface area contributed by atoms with E-state index in [9.17, 15) is 18.0 Å². The van der Waals surface area contributed by atoms with E-state index in [0.717, 1.165) is 17.7 Å². The zero-order valence-corrected chi connectivity index (χ0v) is 10.1. The highest BCUT2D eigenvalue weighted by Gasteiger charge is 2.44. The van der Waals surface area contributed by atoms with Gasteiger partial charge in [-0.3, -0.25) is 4.79 Å². The zero-order valence-electron chi connectivity index (χ0n) is 9.18. The Hall–Kier alpha value is -0.390. The van der Waals surface area contributed by atoms with E-state index >= 15 is 0 Å². The Kier molecular flexibility index (Phi) is 4.15. The van der Waals surface area contributed by atoms with Gasteiger partial charge in [-0.2, -0.15) is 25.8 Å². The van der Waals surface area contributed by atoms with E-state index in [-0.39, 0.29) is 18.4 Å². The van der Waals surface area contributed by atoms with Crippen LogP contribution in [0.3, 0.4) is 0 Å². The van der Waals surface area contributed by atoms with Crippen LogP contribution in [0.15, 0.2) is 0 Å². The molecule has 16 heavy (non-hydrogen) atoms. The number of rotatable bonds is 5. The van der Waals surface area contributed by atoms with Crippen molar-refractivity contribution in [3.8, 4) is 0 Å². The van der Waals surface area contributed by atoms with Crippen LogP contribution in [0.1, 0.15) is 26.2 Å². The maximum absolute atomic E-state index is 12.2. The quantitative estimate of drug-likeness (QED) is 0.748.